The summed E-state index contributed by atoms with van der Waals surface area (Å²) in [5.74, 6) is -0.174. The Labute approximate surface area is 73.2 Å². The van der Waals surface area contributed by atoms with Crippen molar-refractivity contribution in [3.05, 3.63) is 29.6 Å². The summed E-state index contributed by atoms with van der Waals surface area (Å²) in [6.07, 6.45) is -0.0426. The topological polar surface area (TPSA) is 3.24 Å². The third-order valence-electron chi connectivity index (χ3n) is 2.20. The van der Waals surface area contributed by atoms with Crippen LogP contribution in [0.15, 0.2) is 18.2 Å². The van der Waals surface area contributed by atoms with Gasteiger partial charge in [-0.05, 0) is 25.0 Å². The van der Waals surface area contributed by atoms with Crippen molar-refractivity contribution in [1.82, 2.24) is 0 Å². The standard InChI is InChI=1S/C10H12FN/c1-8-4-2-5-9(11)10(8)12-6-3-7-12/h2,4-5H,3,6-7H2,1H3/i3D. The zero-order valence-corrected chi connectivity index (χ0v) is 7.05. The summed E-state index contributed by atoms with van der Waals surface area (Å²) in [5, 5.41) is 0. The quantitative estimate of drug-likeness (QED) is 0.619. The van der Waals surface area contributed by atoms with Crippen molar-refractivity contribution < 1.29 is 5.76 Å². The van der Waals surface area contributed by atoms with Gasteiger partial charge >= 0.3 is 0 Å². The van der Waals surface area contributed by atoms with Crippen molar-refractivity contribution in [2.45, 2.75) is 13.3 Å². The van der Waals surface area contributed by atoms with E-state index in [2.05, 4.69) is 0 Å². The van der Waals surface area contributed by atoms with Crippen molar-refractivity contribution in [1.29, 1.82) is 0 Å². The molecule has 0 aromatic heterocycles. The highest BCUT2D eigenvalue weighted by atomic mass is 19.1. The lowest BCUT2D eigenvalue weighted by molar-refractivity contribution is 0.571. The fourth-order valence-corrected chi connectivity index (χ4v) is 1.46. The second-order valence-electron chi connectivity index (χ2n) is 3.10. The van der Waals surface area contributed by atoms with E-state index < -0.39 is 0 Å². The van der Waals surface area contributed by atoms with Crippen LogP contribution < -0.4 is 4.90 Å². The molecule has 0 amide bonds. The van der Waals surface area contributed by atoms with E-state index in [1.807, 2.05) is 17.9 Å². The number of anilines is 1. The molecule has 2 rings (SSSR count). The van der Waals surface area contributed by atoms with Gasteiger partial charge in [0.15, 0.2) is 0 Å². The maximum atomic E-state index is 13.3. The summed E-state index contributed by atoms with van der Waals surface area (Å²) in [6.45, 7) is 3.21. The Bertz CT molecular complexity index is 300. The van der Waals surface area contributed by atoms with Crippen LogP contribution in [0.2, 0.25) is 0 Å². The smallest absolute Gasteiger partial charge is 0.146 e. The number of benzene rings is 1. The van der Waals surface area contributed by atoms with E-state index in [-0.39, 0.29) is 12.2 Å². The third kappa shape index (κ3) is 1.07. The zero-order valence-electron chi connectivity index (χ0n) is 8.05. The predicted octanol–water partition coefficient (Wildman–Crippen LogP) is 2.34. The largest absolute Gasteiger partial charge is 0.369 e. The average molecular weight is 166 g/mol. The molecular formula is C10H12FN. The Balaban J connectivity index is 2.29. The van der Waals surface area contributed by atoms with Gasteiger partial charge in [0.05, 0.1) is 5.69 Å². The Morgan fingerprint density at radius 2 is 2.25 bits per heavy atom. The molecule has 1 heterocycles. The molecular weight excluding hydrogens is 153 g/mol. The molecule has 1 aromatic rings. The summed E-state index contributed by atoms with van der Waals surface area (Å²) in [6, 6.07) is 5.08. The number of halogens is 1. The molecule has 1 fully saturated rings. The summed E-state index contributed by atoms with van der Waals surface area (Å²) < 4.78 is 20.7. The van der Waals surface area contributed by atoms with Crippen molar-refractivity contribution in [2.75, 3.05) is 18.0 Å². The van der Waals surface area contributed by atoms with Gasteiger partial charge in [0, 0.05) is 14.5 Å². The van der Waals surface area contributed by atoms with Crippen LogP contribution in [0, 0.1) is 12.7 Å². The molecule has 2 heteroatoms. The van der Waals surface area contributed by atoms with Crippen LogP contribution >= 0.6 is 0 Å². The Kier molecular flexibility index (Phi) is 1.49. The van der Waals surface area contributed by atoms with Crippen LogP contribution in [-0.2, 0) is 0 Å². The van der Waals surface area contributed by atoms with Gasteiger partial charge in [0.25, 0.3) is 0 Å². The highest BCUT2D eigenvalue weighted by molar-refractivity contribution is 5.55. The first-order valence-corrected chi connectivity index (χ1v) is 4.11. The van der Waals surface area contributed by atoms with Crippen LogP contribution in [0.5, 0.6) is 0 Å². The van der Waals surface area contributed by atoms with E-state index in [1.54, 1.807) is 6.07 Å². The minimum Gasteiger partial charge on any atom is -0.369 e. The molecule has 0 spiro atoms. The van der Waals surface area contributed by atoms with Gasteiger partial charge in [0.1, 0.15) is 5.82 Å². The zero-order chi connectivity index (χ0) is 9.42. The minimum atomic E-state index is -0.174. The van der Waals surface area contributed by atoms with Gasteiger partial charge < -0.3 is 4.90 Å². The van der Waals surface area contributed by atoms with Gasteiger partial charge in [0.2, 0.25) is 0 Å². The molecule has 12 heavy (non-hydrogen) atoms. The van der Waals surface area contributed by atoms with E-state index in [1.165, 1.54) is 6.07 Å². The molecule has 0 unspecified atom stereocenters. The Morgan fingerprint density at radius 1 is 1.50 bits per heavy atom. The molecule has 1 nitrogen and oxygen atoms in total. The number of para-hydroxylation sites is 1. The lowest BCUT2D eigenvalue weighted by Crippen LogP contribution is -2.38. The SMILES string of the molecule is [2H]C1CN(c2c(C)cccc2F)C1. The second-order valence-corrected chi connectivity index (χ2v) is 3.10. The maximum Gasteiger partial charge on any atom is 0.146 e. The molecule has 1 aliphatic rings. The first kappa shape index (κ1) is 6.46. The van der Waals surface area contributed by atoms with Crippen LogP contribution in [0.25, 0.3) is 0 Å². The predicted molar refractivity (Wildman–Crippen MR) is 48.0 cm³/mol. The van der Waals surface area contributed by atoms with E-state index >= 15 is 0 Å². The maximum absolute atomic E-state index is 13.3. The van der Waals surface area contributed by atoms with Crippen molar-refractivity contribution in [2.24, 2.45) is 0 Å². The van der Waals surface area contributed by atoms with Crippen molar-refractivity contribution in [3.63, 3.8) is 0 Å². The Hall–Kier alpha value is -1.05. The molecule has 64 valence electrons. The summed E-state index contributed by atoms with van der Waals surface area (Å²) in [5.41, 5.74) is 1.62. The summed E-state index contributed by atoms with van der Waals surface area (Å²) in [4.78, 5) is 1.92. The number of nitrogens with zero attached hydrogens (tertiary/aromatic N) is 1. The van der Waals surface area contributed by atoms with Crippen LogP contribution in [0.1, 0.15) is 13.3 Å². The van der Waals surface area contributed by atoms with Gasteiger partial charge in [-0.1, -0.05) is 12.1 Å². The normalized spacial score (nSPS) is 18.8. The minimum absolute atomic E-state index is 0.0426. The molecule has 0 radical (unpaired) electrons. The lowest BCUT2D eigenvalue weighted by atomic mass is 10.1. The monoisotopic (exact) mass is 166 g/mol. The second kappa shape index (κ2) is 2.77. The fraction of sp³-hybridized carbons (Fsp3) is 0.400. The molecule has 0 N–H and O–H groups in total. The van der Waals surface area contributed by atoms with E-state index in [9.17, 15) is 4.39 Å². The average Bonchev–Trinajstić information content (AvgIpc) is 2.00. The number of rotatable bonds is 1. The van der Waals surface area contributed by atoms with E-state index in [0.717, 1.165) is 5.56 Å². The third-order valence-corrected chi connectivity index (χ3v) is 2.20. The van der Waals surface area contributed by atoms with E-state index in [0.29, 0.717) is 18.8 Å². The highest BCUT2D eigenvalue weighted by Gasteiger charge is 2.19. The number of hydrogen-bond acceptors (Lipinski definition) is 1. The first-order valence-electron chi connectivity index (χ1n) is 4.68. The van der Waals surface area contributed by atoms with Gasteiger partial charge in [-0.2, -0.15) is 0 Å². The molecule has 0 bridgehead atoms. The summed E-state index contributed by atoms with van der Waals surface area (Å²) >= 11 is 0. The molecule has 1 aromatic carbocycles. The van der Waals surface area contributed by atoms with Crippen molar-refractivity contribution >= 4 is 5.69 Å². The van der Waals surface area contributed by atoms with Crippen molar-refractivity contribution in [3.8, 4) is 0 Å². The highest BCUT2D eigenvalue weighted by Crippen LogP contribution is 2.27. The van der Waals surface area contributed by atoms with Crippen LogP contribution in [-0.4, -0.2) is 13.1 Å². The van der Waals surface area contributed by atoms with E-state index in [4.69, 9.17) is 1.37 Å². The lowest BCUT2D eigenvalue weighted by Gasteiger charge is -2.34. The molecule has 0 saturated carbocycles. The molecule has 1 aliphatic heterocycles. The Morgan fingerprint density at radius 3 is 2.83 bits per heavy atom. The molecule has 1 saturated heterocycles. The molecule has 0 aliphatic carbocycles. The van der Waals surface area contributed by atoms with Gasteiger partial charge in [-0.3, -0.25) is 0 Å². The van der Waals surface area contributed by atoms with Gasteiger partial charge in [-0.25, -0.2) is 4.39 Å². The number of aryl methyl sites for hydroxylation is 1. The fourth-order valence-electron chi connectivity index (χ4n) is 1.46. The summed E-state index contributed by atoms with van der Waals surface area (Å²) in [7, 11) is 0. The first-order chi connectivity index (χ1) is 6.18. The molecule has 0 atom stereocenters. The number of hydrogen-bond donors (Lipinski definition) is 0. The van der Waals surface area contributed by atoms with Crippen LogP contribution in [0.3, 0.4) is 0 Å². The van der Waals surface area contributed by atoms with Gasteiger partial charge in [-0.15, -0.1) is 0 Å². The van der Waals surface area contributed by atoms with Crippen LogP contribution in [0.4, 0.5) is 10.1 Å².